The molecule has 0 atom stereocenters. The van der Waals surface area contributed by atoms with E-state index in [1.54, 1.807) is 11.0 Å². The van der Waals surface area contributed by atoms with E-state index in [9.17, 15) is 4.79 Å². The zero-order chi connectivity index (χ0) is 13.5. The van der Waals surface area contributed by atoms with Crippen molar-refractivity contribution in [1.29, 1.82) is 0 Å². The van der Waals surface area contributed by atoms with Crippen molar-refractivity contribution in [2.45, 2.75) is 27.7 Å². The lowest BCUT2D eigenvalue weighted by atomic mass is 10.1. The van der Waals surface area contributed by atoms with Gasteiger partial charge < -0.3 is 9.64 Å². The quantitative estimate of drug-likeness (QED) is 0.806. The molecule has 0 heterocycles. The second kappa shape index (κ2) is 6.84. The normalized spacial score (nSPS) is 11.2. The van der Waals surface area contributed by atoms with E-state index in [1.165, 1.54) is 0 Å². The van der Waals surface area contributed by atoms with E-state index in [4.69, 9.17) is 4.74 Å². The molecular weight excluding hydrogens is 226 g/mol. The van der Waals surface area contributed by atoms with Crippen molar-refractivity contribution in [3.63, 3.8) is 0 Å². The molecule has 0 unspecified atom stereocenters. The summed E-state index contributed by atoms with van der Waals surface area (Å²) < 4.78 is 5.35. The van der Waals surface area contributed by atoms with Gasteiger partial charge in [-0.3, -0.25) is 0 Å². The fourth-order valence-corrected chi connectivity index (χ4v) is 1.62. The Morgan fingerprint density at radius 1 is 1.33 bits per heavy atom. The summed E-state index contributed by atoms with van der Waals surface area (Å²) in [6, 6.07) is 7.59. The molecule has 1 aromatic rings. The highest BCUT2D eigenvalue weighted by Gasteiger charge is 2.11. The second-order valence-electron chi connectivity index (χ2n) is 4.04. The van der Waals surface area contributed by atoms with Crippen LogP contribution < -0.4 is 4.74 Å². The molecule has 0 aliphatic heterocycles. The third-order valence-corrected chi connectivity index (χ3v) is 2.95. The van der Waals surface area contributed by atoms with Crippen LogP contribution in [0.5, 0.6) is 5.75 Å². The Balaban J connectivity index is 2.82. The van der Waals surface area contributed by atoms with Crippen LogP contribution in [0.15, 0.2) is 30.3 Å². The highest BCUT2D eigenvalue weighted by molar-refractivity contribution is 5.72. The van der Waals surface area contributed by atoms with E-state index in [-0.39, 0.29) is 6.09 Å². The number of hydrogen-bond donors (Lipinski definition) is 0. The lowest BCUT2D eigenvalue weighted by Gasteiger charge is -2.18. The number of carbonyl (C=O) groups is 1. The monoisotopic (exact) mass is 247 g/mol. The maximum Gasteiger partial charge on any atom is 0.415 e. The van der Waals surface area contributed by atoms with Crippen LogP contribution in [0.2, 0.25) is 0 Å². The number of amides is 1. The zero-order valence-corrected chi connectivity index (χ0v) is 11.6. The van der Waals surface area contributed by atoms with Gasteiger partial charge in [0.1, 0.15) is 5.75 Å². The minimum absolute atomic E-state index is 0.296. The van der Waals surface area contributed by atoms with Crippen LogP contribution in [0.3, 0.4) is 0 Å². The Morgan fingerprint density at radius 3 is 2.56 bits per heavy atom. The Labute approximate surface area is 109 Å². The predicted molar refractivity (Wildman–Crippen MR) is 74.7 cm³/mol. The number of hydrogen-bond acceptors (Lipinski definition) is 2. The average Bonchev–Trinajstić information content (AvgIpc) is 2.39. The van der Waals surface area contributed by atoms with Crippen molar-refractivity contribution in [2.24, 2.45) is 0 Å². The van der Waals surface area contributed by atoms with Crippen LogP contribution in [-0.4, -0.2) is 24.1 Å². The molecule has 0 bridgehead atoms. The Morgan fingerprint density at radius 2 is 2.00 bits per heavy atom. The molecular formula is C15H21NO2. The van der Waals surface area contributed by atoms with E-state index in [1.807, 2.05) is 52.0 Å². The molecule has 1 rings (SSSR count). The van der Waals surface area contributed by atoms with E-state index in [0.717, 1.165) is 11.1 Å². The topological polar surface area (TPSA) is 29.5 Å². The predicted octanol–water partition coefficient (Wildman–Crippen LogP) is 3.95. The summed E-state index contributed by atoms with van der Waals surface area (Å²) in [4.78, 5) is 13.5. The first-order valence-corrected chi connectivity index (χ1v) is 6.32. The first-order chi connectivity index (χ1) is 8.62. The molecule has 0 saturated heterocycles. The molecule has 3 nitrogen and oxygen atoms in total. The standard InChI is InChI=1S/C15H21NO2/c1-5-12(4)13-9-8-10-14(11-13)18-15(17)16(6-2)7-3/h5,8-11H,6-7H2,1-4H3/b12-5+. The van der Waals surface area contributed by atoms with Gasteiger partial charge in [-0.1, -0.05) is 18.2 Å². The number of allylic oxidation sites excluding steroid dienone is 2. The molecule has 98 valence electrons. The van der Waals surface area contributed by atoms with Crippen molar-refractivity contribution in [1.82, 2.24) is 4.90 Å². The summed E-state index contributed by atoms with van der Waals surface area (Å²) in [6.07, 6.45) is 1.74. The summed E-state index contributed by atoms with van der Waals surface area (Å²) in [6.45, 7) is 9.21. The molecule has 0 saturated carbocycles. The third kappa shape index (κ3) is 3.62. The van der Waals surface area contributed by atoms with Gasteiger partial charge in [-0.05, 0) is 51.0 Å². The summed E-state index contributed by atoms with van der Waals surface area (Å²) in [7, 11) is 0. The minimum atomic E-state index is -0.296. The lowest BCUT2D eigenvalue weighted by Crippen LogP contribution is -2.33. The summed E-state index contributed by atoms with van der Waals surface area (Å²) in [5.41, 5.74) is 2.23. The van der Waals surface area contributed by atoms with Gasteiger partial charge in [0.05, 0.1) is 0 Å². The maximum absolute atomic E-state index is 11.8. The SMILES string of the molecule is C/C=C(\C)c1cccc(OC(=O)N(CC)CC)c1. The van der Waals surface area contributed by atoms with Crippen molar-refractivity contribution in [3.05, 3.63) is 35.9 Å². The van der Waals surface area contributed by atoms with Crippen LogP contribution >= 0.6 is 0 Å². The molecule has 18 heavy (non-hydrogen) atoms. The number of ether oxygens (including phenoxy) is 1. The van der Waals surface area contributed by atoms with E-state index in [2.05, 4.69) is 0 Å². The highest BCUT2D eigenvalue weighted by atomic mass is 16.6. The molecule has 0 radical (unpaired) electrons. The van der Waals surface area contributed by atoms with Crippen molar-refractivity contribution >= 4 is 11.7 Å². The molecule has 0 aliphatic rings. The fourth-order valence-electron chi connectivity index (χ4n) is 1.62. The fraction of sp³-hybridized carbons (Fsp3) is 0.400. The second-order valence-corrected chi connectivity index (χ2v) is 4.04. The molecule has 0 aromatic heterocycles. The van der Waals surface area contributed by atoms with Gasteiger partial charge in [0.25, 0.3) is 0 Å². The lowest BCUT2D eigenvalue weighted by molar-refractivity contribution is 0.157. The van der Waals surface area contributed by atoms with E-state index < -0.39 is 0 Å². The number of nitrogens with zero attached hydrogens (tertiary/aromatic N) is 1. The van der Waals surface area contributed by atoms with Crippen LogP contribution in [0.25, 0.3) is 5.57 Å². The number of benzene rings is 1. The molecule has 1 amide bonds. The van der Waals surface area contributed by atoms with E-state index in [0.29, 0.717) is 18.8 Å². The van der Waals surface area contributed by atoms with E-state index >= 15 is 0 Å². The van der Waals surface area contributed by atoms with Gasteiger partial charge in [-0.2, -0.15) is 0 Å². The largest absolute Gasteiger partial charge is 0.415 e. The van der Waals surface area contributed by atoms with Gasteiger partial charge in [0, 0.05) is 13.1 Å². The van der Waals surface area contributed by atoms with Crippen molar-refractivity contribution in [3.8, 4) is 5.75 Å². The van der Waals surface area contributed by atoms with Crippen molar-refractivity contribution < 1.29 is 9.53 Å². The zero-order valence-electron chi connectivity index (χ0n) is 11.6. The first-order valence-electron chi connectivity index (χ1n) is 6.32. The average molecular weight is 247 g/mol. The van der Waals surface area contributed by atoms with Crippen LogP contribution in [0.4, 0.5) is 4.79 Å². The molecule has 3 heteroatoms. The molecule has 0 fully saturated rings. The van der Waals surface area contributed by atoms with Gasteiger partial charge in [0.2, 0.25) is 0 Å². The van der Waals surface area contributed by atoms with Crippen molar-refractivity contribution in [2.75, 3.05) is 13.1 Å². The van der Waals surface area contributed by atoms with Gasteiger partial charge in [0.15, 0.2) is 0 Å². The van der Waals surface area contributed by atoms with Crippen LogP contribution in [0, 0.1) is 0 Å². The molecule has 0 N–H and O–H groups in total. The van der Waals surface area contributed by atoms with Gasteiger partial charge in [-0.25, -0.2) is 4.79 Å². The minimum Gasteiger partial charge on any atom is -0.410 e. The summed E-state index contributed by atoms with van der Waals surface area (Å²) in [5.74, 6) is 0.589. The summed E-state index contributed by atoms with van der Waals surface area (Å²) in [5, 5.41) is 0. The smallest absolute Gasteiger partial charge is 0.410 e. The Bertz CT molecular complexity index is 434. The highest BCUT2D eigenvalue weighted by Crippen LogP contribution is 2.20. The Kier molecular flexibility index (Phi) is 5.43. The maximum atomic E-state index is 11.8. The molecule has 0 aliphatic carbocycles. The third-order valence-electron chi connectivity index (χ3n) is 2.95. The van der Waals surface area contributed by atoms with Crippen LogP contribution in [0.1, 0.15) is 33.3 Å². The summed E-state index contributed by atoms with van der Waals surface area (Å²) >= 11 is 0. The molecule has 0 spiro atoms. The number of carbonyl (C=O) groups excluding carboxylic acids is 1. The number of rotatable bonds is 4. The van der Waals surface area contributed by atoms with Gasteiger partial charge >= 0.3 is 6.09 Å². The first kappa shape index (κ1) is 14.3. The Hall–Kier alpha value is -1.77. The molecule has 1 aromatic carbocycles. The van der Waals surface area contributed by atoms with Crippen LogP contribution in [-0.2, 0) is 0 Å². The van der Waals surface area contributed by atoms with Gasteiger partial charge in [-0.15, -0.1) is 0 Å².